The van der Waals surface area contributed by atoms with Crippen molar-refractivity contribution in [1.29, 1.82) is 0 Å². The summed E-state index contributed by atoms with van der Waals surface area (Å²) in [5.74, 6) is 0.331. The number of aromatic nitrogens is 2. The number of hydrogen-bond donors (Lipinski definition) is 2. The monoisotopic (exact) mass is 276 g/mol. The minimum absolute atomic E-state index is 0.269. The predicted molar refractivity (Wildman–Crippen MR) is 74.2 cm³/mol. The van der Waals surface area contributed by atoms with Gasteiger partial charge < -0.3 is 10.6 Å². The molecule has 98 valence electrons. The standard InChI is InChI=1S/C13H13ClN4O/c1-15-12-7-6-11(17-18-12)13(19)16-8-9-4-2-3-5-10(9)14/h2-7H,8H2,1H3,(H,15,18)(H,16,19). The Kier molecular flexibility index (Phi) is 4.30. The Hall–Kier alpha value is -2.14. The number of carbonyl (C=O) groups is 1. The number of hydrogen-bond acceptors (Lipinski definition) is 4. The molecular formula is C13H13ClN4O. The van der Waals surface area contributed by atoms with Crippen molar-refractivity contribution in [1.82, 2.24) is 15.5 Å². The summed E-state index contributed by atoms with van der Waals surface area (Å²) in [5.41, 5.74) is 1.13. The maximum atomic E-state index is 11.9. The molecule has 0 fully saturated rings. The molecule has 6 heteroatoms. The number of amides is 1. The highest BCUT2D eigenvalue weighted by atomic mass is 35.5. The predicted octanol–water partition coefficient (Wildman–Crippen LogP) is 2.10. The molecule has 0 bridgehead atoms. The van der Waals surface area contributed by atoms with Crippen LogP contribution in [0, 0.1) is 0 Å². The summed E-state index contributed by atoms with van der Waals surface area (Å²) in [4.78, 5) is 11.9. The number of nitrogens with zero attached hydrogens (tertiary/aromatic N) is 2. The number of anilines is 1. The van der Waals surface area contributed by atoms with Crippen molar-refractivity contribution in [2.24, 2.45) is 0 Å². The Bertz CT molecular complexity index is 571. The third-order valence-corrected chi connectivity index (χ3v) is 2.92. The van der Waals surface area contributed by atoms with Crippen LogP contribution in [-0.2, 0) is 6.54 Å². The van der Waals surface area contributed by atoms with E-state index in [1.54, 1.807) is 25.2 Å². The quantitative estimate of drug-likeness (QED) is 0.897. The topological polar surface area (TPSA) is 66.9 Å². The Labute approximate surface area is 116 Å². The summed E-state index contributed by atoms with van der Waals surface area (Å²) in [7, 11) is 1.74. The molecule has 1 aromatic carbocycles. The van der Waals surface area contributed by atoms with Crippen molar-refractivity contribution in [2.45, 2.75) is 6.54 Å². The first-order chi connectivity index (χ1) is 9.20. The van der Waals surface area contributed by atoms with Crippen LogP contribution < -0.4 is 10.6 Å². The molecule has 0 aliphatic rings. The summed E-state index contributed by atoms with van der Waals surface area (Å²) in [6, 6.07) is 10.7. The maximum Gasteiger partial charge on any atom is 0.272 e. The van der Waals surface area contributed by atoms with E-state index in [0.717, 1.165) is 5.56 Å². The van der Waals surface area contributed by atoms with E-state index in [0.29, 0.717) is 17.4 Å². The third kappa shape index (κ3) is 3.42. The van der Waals surface area contributed by atoms with Crippen LogP contribution >= 0.6 is 11.6 Å². The lowest BCUT2D eigenvalue weighted by Gasteiger charge is -2.06. The molecule has 2 aromatic rings. The van der Waals surface area contributed by atoms with Crippen molar-refractivity contribution in [2.75, 3.05) is 12.4 Å². The second-order valence-electron chi connectivity index (χ2n) is 3.83. The number of nitrogens with one attached hydrogen (secondary N) is 2. The lowest BCUT2D eigenvalue weighted by molar-refractivity contribution is 0.0945. The zero-order chi connectivity index (χ0) is 13.7. The lowest BCUT2D eigenvalue weighted by atomic mass is 10.2. The van der Waals surface area contributed by atoms with E-state index < -0.39 is 0 Å². The van der Waals surface area contributed by atoms with Crippen LogP contribution in [0.15, 0.2) is 36.4 Å². The Morgan fingerprint density at radius 2 is 2.00 bits per heavy atom. The van der Waals surface area contributed by atoms with Gasteiger partial charge in [0.05, 0.1) is 0 Å². The minimum Gasteiger partial charge on any atom is -0.372 e. The molecule has 0 spiro atoms. The van der Waals surface area contributed by atoms with Crippen LogP contribution in [0.5, 0.6) is 0 Å². The van der Waals surface area contributed by atoms with Gasteiger partial charge in [-0.1, -0.05) is 29.8 Å². The highest BCUT2D eigenvalue weighted by Gasteiger charge is 2.08. The second kappa shape index (κ2) is 6.15. The zero-order valence-electron chi connectivity index (χ0n) is 10.4. The summed E-state index contributed by atoms with van der Waals surface area (Å²) in [5, 5.41) is 13.9. The van der Waals surface area contributed by atoms with Gasteiger partial charge in [-0.15, -0.1) is 10.2 Å². The fourth-order valence-electron chi connectivity index (χ4n) is 1.49. The summed E-state index contributed by atoms with van der Waals surface area (Å²) in [6.45, 7) is 0.355. The average Bonchev–Trinajstić information content (AvgIpc) is 2.46. The molecule has 0 saturated carbocycles. The normalized spacial score (nSPS) is 10.0. The first-order valence-electron chi connectivity index (χ1n) is 5.74. The fraction of sp³-hybridized carbons (Fsp3) is 0.154. The second-order valence-corrected chi connectivity index (χ2v) is 4.24. The zero-order valence-corrected chi connectivity index (χ0v) is 11.1. The molecule has 0 radical (unpaired) electrons. The molecule has 0 aliphatic heterocycles. The van der Waals surface area contributed by atoms with Crippen LogP contribution in [0.1, 0.15) is 16.1 Å². The SMILES string of the molecule is CNc1ccc(C(=O)NCc2ccccc2Cl)nn1. The van der Waals surface area contributed by atoms with Gasteiger partial charge in [0.25, 0.3) is 5.91 Å². The number of halogens is 1. The highest BCUT2D eigenvalue weighted by Crippen LogP contribution is 2.14. The van der Waals surface area contributed by atoms with Gasteiger partial charge in [0.2, 0.25) is 0 Å². The molecule has 2 N–H and O–H groups in total. The molecule has 0 aliphatic carbocycles. The fourth-order valence-corrected chi connectivity index (χ4v) is 1.70. The first kappa shape index (κ1) is 13.3. The van der Waals surface area contributed by atoms with Crippen LogP contribution in [0.4, 0.5) is 5.82 Å². The number of carbonyl (C=O) groups excluding carboxylic acids is 1. The summed E-state index contributed by atoms with van der Waals surface area (Å²) < 4.78 is 0. The first-order valence-corrected chi connectivity index (χ1v) is 6.11. The van der Waals surface area contributed by atoms with Gasteiger partial charge in [-0.3, -0.25) is 4.79 Å². The molecule has 1 heterocycles. The highest BCUT2D eigenvalue weighted by molar-refractivity contribution is 6.31. The van der Waals surface area contributed by atoms with Gasteiger partial charge in [0.1, 0.15) is 5.82 Å². The van der Waals surface area contributed by atoms with Gasteiger partial charge in [-0.25, -0.2) is 0 Å². The van der Waals surface area contributed by atoms with Crippen molar-refractivity contribution in [3.63, 3.8) is 0 Å². The molecule has 5 nitrogen and oxygen atoms in total. The van der Waals surface area contributed by atoms with E-state index in [2.05, 4.69) is 20.8 Å². The molecule has 2 rings (SSSR count). The van der Waals surface area contributed by atoms with Crippen LogP contribution in [0.3, 0.4) is 0 Å². The van der Waals surface area contributed by atoms with Crippen LogP contribution in [-0.4, -0.2) is 23.2 Å². The largest absolute Gasteiger partial charge is 0.372 e. The van der Waals surface area contributed by atoms with E-state index >= 15 is 0 Å². The Morgan fingerprint density at radius 1 is 1.21 bits per heavy atom. The van der Waals surface area contributed by atoms with Crippen LogP contribution in [0.25, 0.3) is 0 Å². The molecule has 0 atom stereocenters. The Balaban J connectivity index is 1.99. The maximum absolute atomic E-state index is 11.9. The molecule has 0 unspecified atom stereocenters. The van der Waals surface area contributed by atoms with E-state index in [1.165, 1.54) is 0 Å². The van der Waals surface area contributed by atoms with Gasteiger partial charge in [-0.05, 0) is 23.8 Å². The molecule has 1 aromatic heterocycles. The smallest absolute Gasteiger partial charge is 0.272 e. The molecule has 1 amide bonds. The van der Waals surface area contributed by atoms with Crippen molar-refractivity contribution in [3.05, 3.63) is 52.7 Å². The van der Waals surface area contributed by atoms with Crippen molar-refractivity contribution in [3.8, 4) is 0 Å². The molecule has 19 heavy (non-hydrogen) atoms. The lowest BCUT2D eigenvalue weighted by Crippen LogP contribution is -2.24. The number of rotatable bonds is 4. The van der Waals surface area contributed by atoms with Gasteiger partial charge in [0, 0.05) is 18.6 Å². The van der Waals surface area contributed by atoms with Gasteiger partial charge in [0.15, 0.2) is 5.69 Å². The van der Waals surface area contributed by atoms with Crippen molar-refractivity contribution < 1.29 is 4.79 Å². The third-order valence-electron chi connectivity index (χ3n) is 2.55. The number of benzene rings is 1. The summed E-state index contributed by atoms with van der Waals surface area (Å²) >= 11 is 6.01. The average molecular weight is 277 g/mol. The van der Waals surface area contributed by atoms with E-state index in [9.17, 15) is 4.79 Å². The Morgan fingerprint density at radius 3 is 2.63 bits per heavy atom. The van der Waals surface area contributed by atoms with Gasteiger partial charge in [-0.2, -0.15) is 0 Å². The van der Waals surface area contributed by atoms with Gasteiger partial charge >= 0.3 is 0 Å². The van der Waals surface area contributed by atoms with E-state index in [1.807, 2.05) is 18.2 Å². The minimum atomic E-state index is -0.282. The van der Waals surface area contributed by atoms with E-state index in [4.69, 9.17) is 11.6 Å². The van der Waals surface area contributed by atoms with Crippen LogP contribution in [0.2, 0.25) is 5.02 Å². The molecular weight excluding hydrogens is 264 g/mol. The summed E-state index contributed by atoms with van der Waals surface area (Å²) in [6.07, 6.45) is 0. The van der Waals surface area contributed by atoms with Crippen molar-refractivity contribution >= 4 is 23.3 Å². The molecule has 0 saturated heterocycles. The van der Waals surface area contributed by atoms with E-state index in [-0.39, 0.29) is 11.6 Å².